The lowest BCUT2D eigenvalue weighted by atomic mass is 10.1. The van der Waals surface area contributed by atoms with Crippen molar-refractivity contribution in [1.82, 2.24) is 5.32 Å². The van der Waals surface area contributed by atoms with E-state index in [0.717, 1.165) is 11.6 Å². The number of amides is 1. The molecule has 2 rings (SSSR count). The van der Waals surface area contributed by atoms with E-state index in [-0.39, 0.29) is 5.91 Å². The van der Waals surface area contributed by atoms with Crippen molar-refractivity contribution in [3.05, 3.63) is 29.8 Å². The summed E-state index contributed by atoms with van der Waals surface area (Å²) < 4.78 is 0. The maximum atomic E-state index is 11.7. The molecular formula is C15H22N2O. The van der Waals surface area contributed by atoms with Gasteiger partial charge in [0.15, 0.2) is 0 Å². The zero-order valence-electron chi connectivity index (χ0n) is 11.2. The summed E-state index contributed by atoms with van der Waals surface area (Å²) in [7, 11) is 0. The monoisotopic (exact) mass is 246 g/mol. The highest BCUT2D eigenvalue weighted by Gasteiger charge is 2.23. The fraction of sp³-hybridized carbons (Fsp3) is 0.533. The molecule has 0 saturated heterocycles. The van der Waals surface area contributed by atoms with Gasteiger partial charge < -0.3 is 10.6 Å². The van der Waals surface area contributed by atoms with Gasteiger partial charge >= 0.3 is 0 Å². The molecule has 0 spiro atoms. The zero-order valence-corrected chi connectivity index (χ0v) is 11.2. The first kappa shape index (κ1) is 13.1. The smallest absolute Gasteiger partial charge is 0.238 e. The normalized spacial score (nSPS) is 16.3. The van der Waals surface area contributed by atoms with Crippen LogP contribution in [0, 0.1) is 12.8 Å². The molecule has 3 nitrogen and oxygen atoms in total. The molecule has 0 bridgehead atoms. The Morgan fingerprint density at radius 1 is 1.33 bits per heavy atom. The molecule has 98 valence electrons. The van der Waals surface area contributed by atoms with Gasteiger partial charge in [-0.05, 0) is 38.3 Å². The van der Waals surface area contributed by atoms with Crippen molar-refractivity contribution in [1.29, 1.82) is 0 Å². The van der Waals surface area contributed by atoms with E-state index in [4.69, 9.17) is 0 Å². The van der Waals surface area contributed by atoms with Gasteiger partial charge in [-0.2, -0.15) is 0 Å². The van der Waals surface area contributed by atoms with E-state index in [1.807, 2.05) is 31.2 Å². The lowest BCUT2D eigenvalue weighted by molar-refractivity contribution is -0.115. The molecule has 0 radical (unpaired) electrons. The van der Waals surface area contributed by atoms with Crippen LogP contribution in [0.25, 0.3) is 0 Å². The molecule has 2 N–H and O–H groups in total. The van der Waals surface area contributed by atoms with Gasteiger partial charge in [-0.15, -0.1) is 0 Å². The van der Waals surface area contributed by atoms with Crippen LogP contribution in [-0.4, -0.2) is 18.5 Å². The Morgan fingerprint density at radius 3 is 2.61 bits per heavy atom. The SMILES string of the molecule is Cc1ccc(NC(=O)CNC(C)CC2CC2)cc1. The predicted octanol–water partition coefficient (Wildman–Crippen LogP) is 2.71. The van der Waals surface area contributed by atoms with Gasteiger partial charge in [-0.1, -0.05) is 30.5 Å². The van der Waals surface area contributed by atoms with Gasteiger partial charge in [0, 0.05) is 11.7 Å². The number of aryl methyl sites for hydroxylation is 1. The van der Waals surface area contributed by atoms with Gasteiger partial charge in [0.1, 0.15) is 0 Å². The highest BCUT2D eigenvalue weighted by Crippen LogP contribution is 2.33. The van der Waals surface area contributed by atoms with E-state index in [2.05, 4.69) is 17.6 Å². The lowest BCUT2D eigenvalue weighted by Crippen LogP contribution is -2.34. The number of nitrogens with one attached hydrogen (secondary N) is 2. The molecule has 0 aromatic heterocycles. The molecule has 1 atom stereocenters. The number of rotatable bonds is 6. The molecule has 1 fully saturated rings. The quantitative estimate of drug-likeness (QED) is 0.810. The van der Waals surface area contributed by atoms with E-state index >= 15 is 0 Å². The van der Waals surface area contributed by atoms with Crippen molar-refractivity contribution < 1.29 is 4.79 Å². The predicted molar refractivity (Wildman–Crippen MR) is 74.6 cm³/mol. The van der Waals surface area contributed by atoms with Crippen LogP contribution < -0.4 is 10.6 Å². The third-order valence-corrected chi connectivity index (χ3v) is 3.33. The summed E-state index contributed by atoms with van der Waals surface area (Å²) in [6.45, 7) is 4.58. The second kappa shape index (κ2) is 6.01. The molecule has 0 heterocycles. The Balaban J connectivity index is 1.69. The van der Waals surface area contributed by atoms with Crippen molar-refractivity contribution in [2.45, 2.75) is 39.2 Å². The van der Waals surface area contributed by atoms with Crippen LogP contribution in [0.4, 0.5) is 5.69 Å². The van der Waals surface area contributed by atoms with Crippen LogP contribution in [0.5, 0.6) is 0 Å². The fourth-order valence-electron chi connectivity index (χ4n) is 2.05. The van der Waals surface area contributed by atoms with Crippen LogP contribution in [0.2, 0.25) is 0 Å². The molecule has 3 heteroatoms. The van der Waals surface area contributed by atoms with Crippen molar-refractivity contribution in [3.63, 3.8) is 0 Å². The van der Waals surface area contributed by atoms with E-state index in [1.54, 1.807) is 0 Å². The standard InChI is InChI=1S/C15H22N2O/c1-11-3-7-14(8-4-11)17-15(18)10-16-12(2)9-13-5-6-13/h3-4,7-8,12-13,16H,5-6,9-10H2,1-2H3,(H,17,18). The first-order valence-corrected chi connectivity index (χ1v) is 6.73. The molecule has 0 aliphatic heterocycles. The summed E-state index contributed by atoms with van der Waals surface area (Å²) in [5.41, 5.74) is 2.06. The number of hydrogen-bond acceptors (Lipinski definition) is 2. The maximum absolute atomic E-state index is 11.7. The van der Waals surface area contributed by atoms with Gasteiger partial charge in [0.05, 0.1) is 6.54 Å². The van der Waals surface area contributed by atoms with Crippen LogP contribution in [0.3, 0.4) is 0 Å². The second-order valence-electron chi connectivity index (χ2n) is 5.38. The summed E-state index contributed by atoms with van der Waals surface area (Å²) >= 11 is 0. The molecule has 1 amide bonds. The van der Waals surface area contributed by atoms with Crippen LogP contribution >= 0.6 is 0 Å². The molecule has 1 aromatic carbocycles. The average molecular weight is 246 g/mol. The molecule has 1 unspecified atom stereocenters. The first-order chi connectivity index (χ1) is 8.63. The fourth-order valence-corrected chi connectivity index (χ4v) is 2.05. The molecule has 18 heavy (non-hydrogen) atoms. The molecule has 1 aromatic rings. The highest BCUT2D eigenvalue weighted by atomic mass is 16.1. The Bertz CT molecular complexity index is 395. The number of carbonyl (C=O) groups is 1. The molecule has 1 aliphatic carbocycles. The minimum absolute atomic E-state index is 0.0292. The van der Waals surface area contributed by atoms with Crippen molar-refractivity contribution >= 4 is 11.6 Å². The zero-order chi connectivity index (χ0) is 13.0. The Hall–Kier alpha value is -1.35. The summed E-state index contributed by atoms with van der Waals surface area (Å²) in [4.78, 5) is 11.7. The van der Waals surface area contributed by atoms with E-state index in [0.29, 0.717) is 12.6 Å². The van der Waals surface area contributed by atoms with Crippen molar-refractivity contribution in [3.8, 4) is 0 Å². The Kier molecular flexibility index (Phi) is 4.37. The molecule has 1 saturated carbocycles. The minimum Gasteiger partial charge on any atom is -0.325 e. The van der Waals surface area contributed by atoms with E-state index in [9.17, 15) is 4.79 Å². The third-order valence-electron chi connectivity index (χ3n) is 3.33. The third kappa shape index (κ3) is 4.49. The van der Waals surface area contributed by atoms with Crippen LogP contribution in [0.15, 0.2) is 24.3 Å². The number of hydrogen-bond donors (Lipinski definition) is 2. The molecular weight excluding hydrogens is 224 g/mol. The largest absolute Gasteiger partial charge is 0.325 e. The average Bonchev–Trinajstić information content (AvgIpc) is 3.13. The first-order valence-electron chi connectivity index (χ1n) is 6.73. The van der Waals surface area contributed by atoms with Gasteiger partial charge in [0.25, 0.3) is 0 Å². The van der Waals surface area contributed by atoms with Crippen LogP contribution in [-0.2, 0) is 4.79 Å². The maximum Gasteiger partial charge on any atom is 0.238 e. The van der Waals surface area contributed by atoms with E-state index in [1.165, 1.54) is 24.8 Å². The Labute approximate surface area is 109 Å². The van der Waals surface area contributed by atoms with Crippen LogP contribution in [0.1, 0.15) is 31.7 Å². The lowest BCUT2D eigenvalue weighted by Gasteiger charge is -2.13. The number of carbonyl (C=O) groups excluding carboxylic acids is 1. The summed E-state index contributed by atoms with van der Waals surface area (Å²) in [6.07, 6.45) is 3.92. The number of benzene rings is 1. The highest BCUT2D eigenvalue weighted by molar-refractivity contribution is 5.92. The second-order valence-corrected chi connectivity index (χ2v) is 5.38. The van der Waals surface area contributed by atoms with Crippen molar-refractivity contribution in [2.24, 2.45) is 5.92 Å². The van der Waals surface area contributed by atoms with Gasteiger partial charge in [-0.3, -0.25) is 4.79 Å². The van der Waals surface area contributed by atoms with Gasteiger partial charge in [0.2, 0.25) is 5.91 Å². The van der Waals surface area contributed by atoms with E-state index < -0.39 is 0 Å². The summed E-state index contributed by atoms with van der Waals surface area (Å²) in [5, 5.41) is 6.17. The Morgan fingerprint density at radius 2 is 2.00 bits per heavy atom. The molecule has 1 aliphatic rings. The summed E-state index contributed by atoms with van der Waals surface area (Å²) in [6, 6.07) is 8.29. The summed E-state index contributed by atoms with van der Waals surface area (Å²) in [5.74, 6) is 0.925. The number of anilines is 1. The minimum atomic E-state index is 0.0292. The van der Waals surface area contributed by atoms with Crippen molar-refractivity contribution in [2.75, 3.05) is 11.9 Å². The van der Waals surface area contributed by atoms with Gasteiger partial charge in [-0.25, -0.2) is 0 Å². The topological polar surface area (TPSA) is 41.1 Å².